The van der Waals surface area contributed by atoms with E-state index in [-0.39, 0.29) is 0 Å². The fraction of sp³-hybridized carbons (Fsp3) is 0.727. The topological polar surface area (TPSA) is 41.3 Å². The molecule has 2 heterocycles. The number of aliphatic hydroxyl groups is 1. The highest BCUT2D eigenvalue weighted by molar-refractivity contribution is 5.01. The molecule has 84 valence electrons. The van der Waals surface area contributed by atoms with Crippen molar-refractivity contribution in [1.82, 2.24) is 14.5 Å². The number of likely N-dealkylation sites (tertiary alicyclic amines) is 1. The zero-order chi connectivity index (χ0) is 10.8. The second-order valence-electron chi connectivity index (χ2n) is 4.63. The minimum Gasteiger partial charge on any atom is -0.396 e. The van der Waals surface area contributed by atoms with Gasteiger partial charge in [-0.3, -0.25) is 4.90 Å². The van der Waals surface area contributed by atoms with Crippen LogP contribution in [0.1, 0.15) is 25.6 Å². The minimum absolute atomic E-state index is 0.319. The van der Waals surface area contributed by atoms with Crippen LogP contribution in [-0.2, 0) is 6.54 Å². The van der Waals surface area contributed by atoms with E-state index in [0.717, 1.165) is 19.6 Å². The summed E-state index contributed by atoms with van der Waals surface area (Å²) in [5, 5.41) is 8.93. The summed E-state index contributed by atoms with van der Waals surface area (Å²) in [6.45, 7) is 7.63. The first kappa shape index (κ1) is 10.6. The van der Waals surface area contributed by atoms with Crippen molar-refractivity contribution in [3.05, 3.63) is 18.2 Å². The fourth-order valence-corrected chi connectivity index (χ4v) is 2.07. The fourth-order valence-electron chi connectivity index (χ4n) is 2.07. The smallest absolute Gasteiger partial charge is 0.0951 e. The van der Waals surface area contributed by atoms with Crippen molar-refractivity contribution >= 4 is 0 Å². The highest BCUT2D eigenvalue weighted by atomic mass is 16.3. The molecule has 1 aliphatic heterocycles. The number of aliphatic hydroxyl groups excluding tert-OH is 1. The van der Waals surface area contributed by atoms with Crippen LogP contribution in [0.2, 0.25) is 0 Å². The van der Waals surface area contributed by atoms with Gasteiger partial charge in [-0.1, -0.05) is 0 Å². The van der Waals surface area contributed by atoms with Gasteiger partial charge in [-0.05, 0) is 13.8 Å². The summed E-state index contributed by atoms with van der Waals surface area (Å²) in [7, 11) is 0. The molecular weight excluding hydrogens is 190 g/mol. The van der Waals surface area contributed by atoms with Gasteiger partial charge >= 0.3 is 0 Å². The Morgan fingerprint density at radius 1 is 1.53 bits per heavy atom. The Balaban J connectivity index is 1.91. The van der Waals surface area contributed by atoms with Crippen molar-refractivity contribution in [2.24, 2.45) is 5.92 Å². The molecule has 1 aromatic rings. The molecule has 0 saturated carbocycles. The summed E-state index contributed by atoms with van der Waals surface area (Å²) in [5.74, 6) is 0.487. The third kappa shape index (κ3) is 2.21. The van der Waals surface area contributed by atoms with E-state index in [1.54, 1.807) is 0 Å². The van der Waals surface area contributed by atoms with Crippen LogP contribution in [0.25, 0.3) is 0 Å². The van der Waals surface area contributed by atoms with Gasteiger partial charge in [0.25, 0.3) is 0 Å². The highest BCUT2D eigenvalue weighted by Gasteiger charge is 2.26. The lowest BCUT2D eigenvalue weighted by Crippen LogP contribution is -2.47. The lowest BCUT2D eigenvalue weighted by atomic mass is 10.0. The molecule has 4 nitrogen and oxygen atoms in total. The van der Waals surface area contributed by atoms with E-state index in [4.69, 9.17) is 5.11 Å². The van der Waals surface area contributed by atoms with Crippen LogP contribution >= 0.6 is 0 Å². The zero-order valence-electron chi connectivity index (χ0n) is 9.43. The molecule has 0 radical (unpaired) electrons. The first-order valence-electron chi connectivity index (χ1n) is 5.54. The third-order valence-corrected chi connectivity index (χ3v) is 2.98. The van der Waals surface area contributed by atoms with Gasteiger partial charge in [0, 0.05) is 44.4 Å². The molecule has 1 N–H and O–H groups in total. The predicted molar refractivity (Wildman–Crippen MR) is 58.5 cm³/mol. The molecular formula is C11H19N3O. The molecule has 15 heavy (non-hydrogen) atoms. The normalized spacial score (nSPS) is 18.4. The monoisotopic (exact) mass is 209 g/mol. The maximum absolute atomic E-state index is 8.93. The summed E-state index contributed by atoms with van der Waals surface area (Å²) in [5.41, 5.74) is 1.27. The first-order chi connectivity index (χ1) is 7.20. The summed E-state index contributed by atoms with van der Waals surface area (Å²) in [6.07, 6.45) is 3.83. The third-order valence-electron chi connectivity index (χ3n) is 2.98. The number of imidazole rings is 1. The molecule has 1 aromatic heterocycles. The molecule has 1 fully saturated rings. The summed E-state index contributed by atoms with van der Waals surface area (Å²) < 4.78 is 2.20. The van der Waals surface area contributed by atoms with E-state index in [2.05, 4.69) is 28.3 Å². The van der Waals surface area contributed by atoms with Crippen molar-refractivity contribution in [3.8, 4) is 0 Å². The second-order valence-corrected chi connectivity index (χ2v) is 4.63. The van der Waals surface area contributed by atoms with Gasteiger partial charge < -0.3 is 9.67 Å². The van der Waals surface area contributed by atoms with E-state index in [1.165, 1.54) is 5.69 Å². The van der Waals surface area contributed by atoms with Gasteiger partial charge in [-0.15, -0.1) is 0 Å². The molecule has 0 atom stereocenters. The van der Waals surface area contributed by atoms with Crippen LogP contribution in [0.15, 0.2) is 12.5 Å². The molecule has 0 bridgehead atoms. The molecule has 1 aliphatic rings. The Morgan fingerprint density at radius 2 is 2.27 bits per heavy atom. The zero-order valence-corrected chi connectivity index (χ0v) is 9.43. The van der Waals surface area contributed by atoms with Crippen LogP contribution in [-0.4, -0.2) is 39.3 Å². The molecule has 0 aromatic carbocycles. The van der Waals surface area contributed by atoms with E-state index < -0.39 is 0 Å². The van der Waals surface area contributed by atoms with Crippen molar-refractivity contribution < 1.29 is 5.11 Å². The van der Waals surface area contributed by atoms with Crippen LogP contribution in [0.4, 0.5) is 0 Å². The van der Waals surface area contributed by atoms with Gasteiger partial charge in [-0.25, -0.2) is 4.98 Å². The number of hydrogen-bond acceptors (Lipinski definition) is 3. The van der Waals surface area contributed by atoms with Gasteiger partial charge in [-0.2, -0.15) is 0 Å². The van der Waals surface area contributed by atoms with Crippen molar-refractivity contribution in [3.63, 3.8) is 0 Å². The number of aromatic nitrogens is 2. The number of hydrogen-bond donors (Lipinski definition) is 1. The van der Waals surface area contributed by atoms with Crippen LogP contribution in [0, 0.1) is 5.92 Å². The quantitative estimate of drug-likeness (QED) is 0.800. The van der Waals surface area contributed by atoms with E-state index in [1.807, 2.05) is 12.5 Å². The number of nitrogens with zero attached hydrogens (tertiary/aromatic N) is 3. The Hall–Kier alpha value is -0.870. The van der Waals surface area contributed by atoms with Crippen LogP contribution < -0.4 is 0 Å². The van der Waals surface area contributed by atoms with Crippen molar-refractivity contribution in [1.29, 1.82) is 0 Å². The Labute approximate surface area is 90.5 Å². The SMILES string of the molecule is CC(C)n1cncc1CN1CC(CO)C1. The summed E-state index contributed by atoms with van der Waals surface area (Å²) in [6, 6.07) is 0.470. The van der Waals surface area contributed by atoms with E-state index in [9.17, 15) is 0 Å². The summed E-state index contributed by atoms with van der Waals surface area (Å²) in [4.78, 5) is 6.52. The van der Waals surface area contributed by atoms with Crippen molar-refractivity contribution in [2.45, 2.75) is 26.4 Å². The van der Waals surface area contributed by atoms with Gasteiger partial charge in [0.15, 0.2) is 0 Å². The predicted octanol–water partition coefficient (Wildman–Crippen LogP) is 0.888. The highest BCUT2D eigenvalue weighted by Crippen LogP contribution is 2.19. The summed E-state index contributed by atoms with van der Waals surface area (Å²) >= 11 is 0. The Kier molecular flexibility index (Phi) is 3.07. The molecule has 4 heteroatoms. The number of rotatable bonds is 4. The lowest BCUT2D eigenvalue weighted by molar-refractivity contribution is 0.0460. The average Bonchev–Trinajstić information content (AvgIpc) is 2.58. The van der Waals surface area contributed by atoms with Crippen LogP contribution in [0.5, 0.6) is 0 Å². The van der Waals surface area contributed by atoms with E-state index in [0.29, 0.717) is 18.6 Å². The largest absolute Gasteiger partial charge is 0.396 e. The molecule has 0 aliphatic carbocycles. The minimum atomic E-state index is 0.319. The van der Waals surface area contributed by atoms with Crippen molar-refractivity contribution in [2.75, 3.05) is 19.7 Å². The van der Waals surface area contributed by atoms with Gasteiger partial charge in [0.1, 0.15) is 0 Å². The molecule has 1 saturated heterocycles. The van der Waals surface area contributed by atoms with Gasteiger partial charge in [0.05, 0.1) is 12.0 Å². The molecule has 0 unspecified atom stereocenters. The maximum Gasteiger partial charge on any atom is 0.0951 e. The Bertz CT molecular complexity index is 315. The first-order valence-corrected chi connectivity index (χ1v) is 5.54. The average molecular weight is 209 g/mol. The maximum atomic E-state index is 8.93. The Morgan fingerprint density at radius 3 is 2.87 bits per heavy atom. The van der Waals surface area contributed by atoms with E-state index >= 15 is 0 Å². The molecule has 0 spiro atoms. The molecule has 2 rings (SSSR count). The second kappa shape index (κ2) is 4.33. The van der Waals surface area contributed by atoms with Crippen LogP contribution in [0.3, 0.4) is 0 Å². The lowest BCUT2D eigenvalue weighted by Gasteiger charge is -2.38. The van der Waals surface area contributed by atoms with Gasteiger partial charge in [0.2, 0.25) is 0 Å². The molecule has 0 amide bonds. The standard InChI is InChI=1S/C11H19N3O/c1-9(2)14-8-12-3-11(14)6-13-4-10(5-13)7-15/h3,8-10,15H,4-7H2,1-2H3.